The van der Waals surface area contributed by atoms with Gasteiger partial charge in [0.1, 0.15) is 5.82 Å². The summed E-state index contributed by atoms with van der Waals surface area (Å²) in [5.74, 6) is 0.123. The van der Waals surface area contributed by atoms with Crippen molar-refractivity contribution >= 4 is 5.91 Å². The fraction of sp³-hybridized carbons (Fsp3) is 0.235. The molecular weight excluding hydrogens is 253 g/mol. The zero-order chi connectivity index (χ0) is 13.9. The molecule has 0 bridgehead atoms. The second-order valence-corrected chi connectivity index (χ2v) is 5.20. The molecule has 1 saturated carbocycles. The predicted molar refractivity (Wildman–Crippen MR) is 75.5 cm³/mol. The van der Waals surface area contributed by atoms with Gasteiger partial charge in [-0.15, -0.1) is 0 Å². The van der Waals surface area contributed by atoms with Gasteiger partial charge in [-0.05, 0) is 35.6 Å². The van der Waals surface area contributed by atoms with Crippen molar-refractivity contribution in [3.05, 3.63) is 71.5 Å². The topological polar surface area (TPSA) is 29.1 Å². The number of hydrogen-bond acceptors (Lipinski definition) is 1. The van der Waals surface area contributed by atoms with Crippen molar-refractivity contribution in [3.8, 4) is 0 Å². The van der Waals surface area contributed by atoms with Crippen molar-refractivity contribution < 1.29 is 9.18 Å². The Labute approximate surface area is 117 Å². The van der Waals surface area contributed by atoms with Crippen molar-refractivity contribution in [2.24, 2.45) is 5.92 Å². The summed E-state index contributed by atoms with van der Waals surface area (Å²) in [7, 11) is 0. The quantitative estimate of drug-likeness (QED) is 0.907. The van der Waals surface area contributed by atoms with Crippen molar-refractivity contribution in [2.45, 2.75) is 18.9 Å². The molecule has 2 aromatic rings. The van der Waals surface area contributed by atoms with Gasteiger partial charge in [0.25, 0.3) is 0 Å². The third kappa shape index (κ3) is 2.87. The second-order valence-electron chi connectivity index (χ2n) is 5.20. The zero-order valence-corrected chi connectivity index (χ0v) is 11.1. The highest BCUT2D eigenvalue weighted by atomic mass is 19.1. The van der Waals surface area contributed by atoms with Crippen molar-refractivity contribution in [3.63, 3.8) is 0 Å². The maximum atomic E-state index is 12.9. The van der Waals surface area contributed by atoms with E-state index in [1.54, 1.807) is 12.1 Å². The number of halogens is 1. The minimum Gasteiger partial charge on any atom is -0.352 e. The van der Waals surface area contributed by atoms with Crippen LogP contribution in [0.2, 0.25) is 0 Å². The van der Waals surface area contributed by atoms with E-state index in [2.05, 4.69) is 5.32 Å². The lowest BCUT2D eigenvalue weighted by molar-refractivity contribution is -0.122. The van der Waals surface area contributed by atoms with Gasteiger partial charge in [0, 0.05) is 12.5 Å². The number of carbonyl (C=O) groups excluding carboxylic acids is 1. The average molecular weight is 269 g/mol. The first-order valence-corrected chi connectivity index (χ1v) is 6.81. The largest absolute Gasteiger partial charge is 0.352 e. The van der Waals surface area contributed by atoms with E-state index in [0.717, 1.165) is 17.5 Å². The summed E-state index contributed by atoms with van der Waals surface area (Å²) in [5, 5.41) is 2.96. The molecular formula is C17H16FNO. The Kier molecular flexibility index (Phi) is 3.50. The van der Waals surface area contributed by atoms with Crippen LogP contribution in [0.3, 0.4) is 0 Å². The maximum Gasteiger partial charge on any atom is 0.224 e. The molecule has 0 heterocycles. The normalized spacial score (nSPS) is 20.4. The summed E-state index contributed by atoms with van der Waals surface area (Å²) in [5.41, 5.74) is 2.14. The Balaban J connectivity index is 1.54. The molecule has 0 spiro atoms. The van der Waals surface area contributed by atoms with Crippen LogP contribution in [0, 0.1) is 11.7 Å². The third-order valence-corrected chi connectivity index (χ3v) is 3.73. The lowest BCUT2D eigenvalue weighted by Gasteiger charge is -2.05. The molecule has 1 N–H and O–H groups in total. The Morgan fingerprint density at radius 2 is 1.80 bits per heavy atom. The molecule has 1 fully saturated rings. The van der Waals surface area contributed by atoms with E-state index in [4.69, 9.17) is 0 Å². The van der Waals surface area contributed by atoms with Crippen LogP contribution in [-0.2, 0) is 11.3 Å². The number of benzene rings is 2. The molecule has 1 aliphatic carbocycles. The predicted octanol–water partition coefficient (Wildman–Crippen LogP) is 3.25. The van der Waals surface area contributed by atoms with Crippen molar-refractivity contribution in [1.82, 2.24) is 5.32 Å². The Morgan fingerprint density at radius 3 is 2.50 bits per heavy atom. The first-order valence-electron chi connectivity index (χ1n) is 6.81. The summed E-state index contributed by atoms with van der Waals surface area (Å²) < 4.78 is 12.9. The maximum absolute atomic E-state index is 12.9. The Bertz CT molecular complexity index is 594. The van der Waals surface area contributed by atoms with E-state index in [1.165, 1.54) is 12.1 Å². The summed E-state index contributed by atoms with van der Waals surface area (Å²) >= 11 is 0. The van der Waals surface area contributed by atoms with Crippen molar-refractivity contribution in [2.75, 3.05) is 0 Å². The fourth-order valence-corrected chi connectivity index (χ4v) is 2.48. The van der Waals surface area contributed by atoms with Gasteiger partial charge in [0.05, 0.1) is 0 Å². The van der Waals surface area contributed by atoms with Gasteiger partial charge in [0.15, 0.2) is 0 Å². The first-order chi connectivity index (χ1) is 9.74. The van der Waals surface area contributed by atoms with Gasteiger partial charge in [-0.2, -0.15) is 0 Å². The highest BCUT2D eigenvalue weighted by molar-refractivity contribution is 5.82. The van der Waals surface area contributed by atoms with Crippen LogP contribution in [0.1, 0.15) is 23.5 Å². The van der Waals surface area contributed by atoms with E-state index in [-0.39, 0.29) is 23.6 Å². The summed E-state index contributed by atoms with van der Waals surface area (Å²) in [4.78, 5) is 12.0. The summed E-state index contributed by atoms with van der Waals surface area (Å²) in [6.45, 7) is 0.562. The van der Waals surface area contributed by atoms with E-state index < -0.39 is 0 Å². The van der Waals surface area contributed by atoms with Crippen molar-refractivity contribution in [1.29, 1.82) is 0 Å². The molecule has 0 aliphatic heterocycles. The van der Waals surface area contributed by atoms with Gasteiger partial charge in [-0.1, -0.05) is 42.5 Å². The molecule has 0 radical (unpaired) electrons. The molecule has 1 amide bonds. The number of carbonyl (C=O) groups is 1. The van der Waals surface area contributed by atoms with Gasteiger partial charge >= 0.3 is 0 Å². The summed E-state index contributed by atoms with van der Waals surface area (Å²) in [6.07, 6.45) is 0.853. The number of hydrogen-bond donors (Lipinski definition) is 1. The molecule has 0 saturated heterocycles. The van der Waals surface area contributed by atoms with Crippen LogP contribution >= 0.6 is 0 Å². The number of rotatable bonds is 4. The SMILES string of the molecule is O=C(NCc1ccccc1)C1CC1c1ccc(F)cc1. The van der Waals surface area contributed by atoms with Gasteiger partial charge < -0.3 is 5.32 Å². The Hall–Kier alpha value is -2.16. The standard InChI is InChI=1S/C17H16FNO/c18-14-8-6-13(7-9-14)15-10-16(15)17(20)19-11-12-4-2-1-3-5-12/h1-9,15-16H,10-11H2,(H,19,20). The monoisotopic (exact) mass is 269 g/mol. The van der Waals surface area contributed by atoms with Crippen LogP contribution in [0.4, 0.5) is 4.39 Å². The lowest BCUT2D eigenvalue weighted by Crippen LogP contribution is -2.24. The van der Waals surface area contributed by atoms with Gasteiger partial charge in [0.2, 0.25) is 5.91 Å². The molecule has 2 nitrogen and oxygen atoms in total. The number of nitrogens with one attached hydrogen (secondary N) is 1. The van der Waals surface area contributed by atoms with E-state index in [9.17, 15) is 9.18 Å². The van der Waals surface area contributed by atoms with E-state index in [0.29, 0.717) is 6.54 Å². The molecule has 2 unspecified atom stereocenters. The average Bonchev–Trinajstić information content (AvgIpc) is 3.27. The second kappa shape index (κ2) is 5.45. The summed E-state index contributed by atoms with van der Waals surface area (Å²) in [6, 6.07) is 16.3. The fourth-order valence-electron chi connectivity index (χ4n) is 2.48. The minimum atomic E-state index is -0.237. The van der Waals surface area contributed by atoms with E-state index in [1.807, 2.05) is 30.3 Å². The minimum absolute atomic E-state index is 0.0316. The zero-order valence-electron chi connectivity index (χ0n) is 11.1. The molecule has 3 rings (SSSR count). The van der Waals surface area contributed by atoms with Crippen LogP contribution < -0.4 is 5.32 Å². The van der Waals surface area contributed by atoms with Crippen LogP contribution in [0.15, 0.2) is 54.6 Å². The molecule has 1 aliphatic rings. The highest BCUT2D eigenvalue weighted by Gasteiger charge is 2.43. The third-order valence-electron chi connectivity index (χ3n) is 3.73. The van der Waals surface area contributed by atoms with Gasteiger partial charge in [-0.25, -0.2) is 4.39 Å². The molecule has 102 valence electrons. The molecule has 2 aromatic carbocycles. The molecule has 3 heteroatoms. The molecule has 2 atom stereocenters. The molecule has 20 heavy (non-hydrogen) atoms. The first kappa shape index (κ1) is 12.9. The smallest absolute Gasteiger partial charge is 0.224 e. The van der Waals surface area contributed by atoms with Gasteiger partial charge in [-0.3, -0.25) is 4.79 Å². The van der Waals surface area contributed by atoms with E-state index >= 15 is 0 Å². The van der Waals surface area contributed by atoms with Crippen LogP contribution in [0.25, 0.3) is 0 Å². The lowest BCUT2D eigenvalue weighted by atomic mass is 10.1. The Morgan fingerprint density at radius 1 is 1.10 bits per heavy atom. The molecule has 0 aromatic heterocycles. The van der Waals surface area contributed by atoms with Crippen LogP contribution in [-0.4, -0.2) is 5.91 Å². The van der Waals surface area contributed by atoms with Crippen LogP contribution in [0.5, 0.6) is 0 Å². The number of amides is 1. The highest BCUT2D eigenvalue weighted by Crippen LogP contribution is 2.47.